The summed E-state index contributed by atoms with van der Waals surface area (Å²) in [5.74, 6) is 0. The lowest BCUT2D eigenvalue weighted by Crippen LogP contribution is -2.47. The Kier molecular flexibility index (Phi) is 17.8. The third kappa shape index (κ3) is 19.7. The first-order chi connectivity index (χ1) is 14.9. The van der Waals surface area contributed by atoms with Gasteiger partial charge in [0.05, 0.1) is 27.2 Å². The molecule has 0 rings (SSSR count). The predicted octanol–water partition coefficient (Wildman–Crippen LogP) is 6.32. The molecule has 1 unspecified atom stereocenters. The molecular weight excluding hydrogens is 434 g/mol. The van der Waals surface area contributed by atoms with Gasteiger partial charge in [-0.3, -0.25) is 0 Å². The van der Waals surface area contributed by atoms with Crippen molar-refractivity contribution < 1.29 is 22.9 Å². The van der Waals surface area contributed by atoms with E-state index in [-0.39, 0.29) is 0 Å². The molecule has 0 radical (unpaired) electrons. The molecule has 0 heterocycles. The van der Waals surface area contributed by atoms with Crippen LogP contribution in [0.25, 0.3) is 0 Å². The molecule has 0 aromatic heterocycles. The molecule has 0 saturated carbocycles. The van der Waals surface area contributed by atoms with E-state index in [2.05, 4.69) is 47.2 Å². The lowest BCUT2D eigenvalue weighted by molar-refractivity contribution is -0.893. The third-order valence-corrected chi connectivity index (χ3v) is 12.9. The van der Waals surface area contributed by atoms with Crippen LogP contribution in [0.15, 0.2) is 0 Å². The molecule has 0 aliphatic carbocycles. The summed E-state index contributed by atoms with van der Waals surface area (Å²) in [6.45, 7) is 14.0. The highest BCUT2D eigenvalue weighted by atomic mass is 28.4. The largest absolute Gasteiger partial charge is 0.436 e. The van der Waals surface area contributed by atoms with Crippen LogP contribution in [0.4, 0.5) is 0 Å². The molecule has 1 N–H and O–H groups in total. The summed E-state index contributed by atoms with van der Waals surface area (Å²) in [5, 5.41) is 10.4. The van der Waals surface area contributed by atoms with Crippen LogP contribution in [0.5, 0.6) is 0 Å². The van der Waals surface area contributed by atoms with Crippen LogP contribution < -0.4 is 0 Å². The Morgan fingerprint density at radius 3 is 1.88 bits per heavy atom. The average Bonchev–Trinajstić information content (AvgIpc) is 2.67. The van der Waals surface area contributed by atoms with E-state index in [1.54, 1.807) is 7.11 Å². The summed E-state index contributed by atoms with van der Waals surface area (Å²) in [6.07, 6.45) is 14.3. The number of hydrogen-bond acceptors (Lipinski definition) is 4. The molecule has 7 heteroatoms. The van der Waals surface area contributed by atoms with Crippen LogP contribution in [-0.2, 0) is 13.3 Å². The first kappa shape index (κ1) is 32.2. The van der Waals surface area contributed by atoms with E-state index in [0.29, 0.717) is 13.2 Å². The minimum absolute atomic E-state index is 0.394. The normalized spacial score (nSPS) is 14.2. The Labute approximate surface area is 203 Å². The number of rotatable bonds is 22. The molecule has 0 aliphatic heterocycles. The molecule has 0 amide bonds. The average molecular weight is 493 g/mol. The van der Waals surface area contributed by atoms with Crippen molar-refractivity contribution in [1.29, 1.82) is 0 Å². The van der Waals surface area contributed by atoms with Crippen LogP contribution in [0.1, 0.15) is 77.6 Å². The van der Waals surface area contributed by atoms with E-state index >= 15 is 0 Å². The van der Waals surface area contributed by atoms with E-state index < -0.39 is 23.0 Å². The van der Waals surface area contributed by atoms with Gasteiger partial charge in [-0.15, -0.1) is 0 Å². The topological polar surface area (TPSA) is 47.9 Å². The lowest BCUT2D eigenvalue weighted by Gasteiger charge is -2.32. The maximum absolute atomic E-state index is 10.4. The fraction of sp³-hybridized carbons (Fsp3) is 1.00. The summed E-state index contributed by atoms with van der Waals surface area (Å²) in [7, 11) is 2.51. The number of unbranched alkanes of at least 4 members (excludes halogenated alkanes) is 9. The van der Waals surface area contributed by atoms with E-state index in [4.69, 9.17) is 13.3 Å². The second kappa shape index (κ2) is 17.6. The highest BCUT2D eigenvalue weighted by molar-refractivity contribution is 6.82. The number of aliphatic hydroxyl groups is 1. The van der Waals surface area contributed by atoms with Crippen molar-refractivity contribution in [3.8, 4) is 0 Å². The Bertz CT molecular complexity index is 448. The predicted molar refractivity (Wildman–Crippen MR) is 143 cm³/mol. The van der Waals surface area contributed by atoms with Crippen molar-refractivity contribution in [2.45, 2.75) is 116 Å². The SMILES string of the molecule is CCCCCCCCCCCC[N+](C)(C)CC(O)COCCC[Si](C)(C)O[Si](C)(C)OC. The molecule has 0 aromatic rings. The van der Waals surface area contributed by atoms with Gasteiger partial charge in [0.15, 0.2) is 8.32 Å². The van der Waals surface area contributed by atoms with Crippen LogP contribution in [0, 0.1) is 0 Å². The Morgan fingerprint density at radius 1 is 0.812 bits per heavy atom. The molecule has 194 valence electrons. The number of hydrogen-bond donors (Lipinski definition) is 1. The molecule has 0 aromatic carbocycles. The third-order valence-electron chi connectivity index (χ3n) is 6.21. The van der Waals surface area contributed by atoms with E-state index in [1.807, 2.05) is 0 Å². The number of ether oxygens (including phenoxy) is 1. The van der Waals surface area contributed by atoms with Gasteiger partial charge in [-0.25, -0.2) is 0 Å². The minimum Gasteiger partial charge on any atom is -0.436 e. The first-order valence-corrected chi connectivity index (χ1v) is 19.2. The zero-order valence-electron chi connectivity index (χ0n) is 23.0. The zero-order valence-corrected chi connectivity index (χ0v) is 25.0. The molecule has 0 saturated heterocycles. The molecule has 5 nitrogen and oxygen atoms in total. The smallest absolute Gasteiger partial charge is 0.321 e. The highest BCUT2D eigenvalue weighted by Gasteiger charge is 2.33. The summed E-state index contributed by atoms with van der Waals surface area (Å²) < 4.78 is 18.5. The molecule has 0 aliphatic rings. The van der Waals surface area contributed by atoms with Gasteiger partial charge in [-0.2, -0.15) is 0 Å². The maximum Gasteiger partial charge on any atom is 0.321 e. The second-order valence-electron chi connectivity index (χ2n) is 11.3. The fourth-order valence-corrected chi connectivity index (χ4v) is 11.4. The molecular formula is C25H58NO4Si2+. The van der Waals surface area contributed by atoms with Crippen LogP contribution in [0.3, 0.4) is 0 Å². The second-order valence-corrected chi connectivity index (χ2v) is 19.4. The van der Waals surface area contributed by atoms with Crippen LogP contribution in [0.2, 0.25) is 32.2 Å². The van der Waals surface area contributed by atoms with E-state index in [9.17, 15) is 5.11 Å². The standard InChI is InChI=1S/C25H58NO4Si2/c1-9-10-11-12-13-14-15-16-17-18-20-26(2,3)23-25(27)24-29-21-19-22-31(5,6)30-32(7,8)28-4/h25,27H,9-24H2,1-8H3/q+1. The Balaban J connectivity index is 3.79. The van der Waals surface area contributed by atoms with E-state index in [0.717, 1.165) is 30.0 Å². The van der Waals surface area contributed by atoms with Crippen molar-refractivity contribution >= 4 is 16.9 Å². The molecule has 1 atom stereocenters. The van der Waals surface area contributed by atoms with Crippen molar-refractivity contribution in [2.24, 2.45) is 0 Å². The summed E-state index contributed by atoms with van der Waals surface area (Å²) >= 11 is 0. The maximum atomic E-state index is 10.4. The van der Waals surface area contributed by atoms with Gasteiger partial charge in [-0.1, -0.05) is 58.3 Å². The van der Waals surface area contributed by atoms with Gasteiger partial charge in [0.1, 0.15) is 12.6 Å². The number of quaternary nitrogens is 1. The number of aliphatic hydroxyl groups excluding tert-OH is 1. The number of likely N-dealkylation sites (N-methyl/N-ethyl adjacent to an activating group) is 1. The van der Waals surface area contributed by atoms with Crippen molar-refractivity contribution in [3.05, 3.63) is 0 Å². The number of nitrogens with zero attached hydrogens (tertiary/aromatic N) is 1. The monoisotopic (exact) mass is 492 g/mol. The Hall–Kier alpha value is 0.234. The van der Waals surface area contributed by atoms with Crippen LogP contribution >= 0.6 is 0 Å². The fourth-order valence-electron chi connectivity index (χ4n) is 4.32. The summed E-state index contributed by atoms with van der Waals surface area (Å²) in [4.78, 5) is 0. The summed E-state index contributed by atoms with van der Waals surface area (Å²) in [5.41, 5.74) is 0. The van der Waals surface area contributed by atoms with Gasteiger partial charge in [0.25, 0.3) is 0 Å². The highest BCUT2D eigenvalue weighted by Crippen LogP contribution is 2.20. The van der Waals surface area contributed by atoms with Gasteiger partial charge < -0.3 is 22.9 Å². The van der Waals surface area contributed by atoms with Crippen molar-refractivity contribution in [2.75, 3.05) is 47.5 Å². The minimum atomic E-state index is -1.97. The zero-order chi connectivity index (χ0) is 24.5. The first-order valence-electron chi connectivity index (χ1n) is 13.3. The van der Waals surface area contributed by atoms with Crippen molar-refractivity contribution in [1.82, 2.24) is 0 Å². The summed E-state index contributed by atoms with van der Waals surface area (Å²) in [6, 6.07) is 1.06. The van der Waals surface area contributed by atoms with Gasteiger partial charge in [-0.05, 0) is 51.5 Å². The van der Waals surface area contributed by atoms with Gasteiger partial charge >= 0.3 is 8.56 Å². The lowest BCUT2D eigenvalue weighted by atomic mass is 10.1. The molecule has 0 bridgehead atoms. The molecule has 0 fully saturated rings. The van der Waals surface area contributed by atoms with E-state index in [1.165, 1.54) is 64.2 Å². The Morgan fingerprint density at radius 2 is 1.34 bits per heavy atom. The quantitative estimate of drug-likeness (QED) is 0.109. The van der Waals surface area contributed by atoms with Crippen molar-refractivity contribution in [3.63, 3.8) is 0 Å². The van der Waals surface area contributed by atoms with Crippen LogP contribution in [-0.4, -0.2) is 80.1 Å². The van der Waals surface area contributed by atoms with Gasteiger partial charge in [0, 0.05) is 13.7 Å². The molecule has 32 heavy (non-hydrogen) atoms. The molecule has 0 spiro atoms. The van der Waals surface area contributed by atoms with Gasteiger partial charge in [0.2, 0.25) is 0 Å².